The van der Waals surface area contributed by atoms with Gasteiger partial charge < -0.3 is 4.74 Å². The van der Waals surface area contributed by atoms with Crippen LogP contribution in [0.15, 0.2) is 47.8 Å². The molecule has 4 heterocycles. The zero-order chi connectivity index (χ0) is 18.1. The van der Waals surface area contributed by atoms with Crippen molar-refractivity contribution in [1.82, 2.24) is 29.2 Å². The quantitative estimate of drug-likeness (QED) is 0.564. The lowest BCUT2D eigenvalue weighted by Gasteiger charge is -2.09. The van der Waals surface area contributed by atoms with Crippen molar-refractivity contribution in [3.63, 3.8) is 0 Å². The van der Waals surface area contributed by atoms with Crippen LogP contribution in [0.5, 0.6) is 0 Å². The number of methoxy groups -OCH3 is 1. The molecule has 4 aromatic heterocycles. The summed E-state index contributed by atoms with van der Waals surface area (Å²) in [5.74, 6) is 0.374. The van der Waals surface area contributed by atoms with Crippen LogP contribution in [-0.4, -0.2) is 42.3 Å². The van der Waals surface area contributed by atoms with Gasteiger partial charge in [0.15, 0.2) is 5.82 Å². The van der Waals surface area contributed by atoms with Crippen molar-refractivity contribution < 1.29 is 9.53 Å². The SMILES string of the molecule is COCc1nc2ncc3c(=O)n(NC(=O)c4cccnc4)ccc3n2n1. The Hall–Kier alpha value is -3.66. The van der Waals surface area contributed by atoms with Crippen molar-refractivity contribution in [2.24, 2.45) is 0 Å². The minimum atomic E-state index is -0.447. The lowest BCUT2D eigenvalue weighted by molar-refractivity contribution is 0.101. The molecule has 0 saturated heterocycles. The van der Waals surface area contributed by atoms with Crippen molar-refractivity contribution in [3.05, 3.63) is 64.7 Å². The first-order valence-electron chi connectivity index (χ1n) is 7.64. The summed E-state index contributed by atoms with van der Waals surface area (Å²) in [5.41, 5.74) is 2.96. The molecule has 0 aliphatic rings. The molecular weight excluding hydrogens is 338 g/mol. The second-order valence-corrected chi connectivity index (χ2v) is 5.40. The molecule has 10 heteroatoms. The highest BCUT2D eigenvalue weighted by atomic mass is 16.5. The van der Waals surface area contributed by atoms with Gasteiger partial charge in [-0.25, -0.2) is 9.66 Å². The molecule has 0 aliphatic carbocycles. The molecule has 0 atom stereocenters. The van der Waals surface area contributed by atoms with Gasteiger partial charge in [0.1, 0.15) is 6.61 Å². The normalized spacial score (nSPS) is 11.1. The Kier molecular flexibility index (Phi) is 3.86. The van der Waals surface area contributed by atoms with Crippen molar-refractivity contribution >= 4 is 22.6 Å². The number of rotatable bonds is 4. The first kappa shape index (κ1) is 15.8. The van der Waals surface area contributed by atoms with Crippen LogP contribution in [0.2, 0.25) is 0 Å². The fourth-order valence-corrected chi connectivity index (χ4v) is 2.51. The third-order valence-electron chi connectivity index (χ3n) is 3.70. The fourth-order valence-electron chi connectivity index (χ4n) is 2.51. The van der Waals surface area contributed by atoms with E-state index in [2.05, 4.69) is 25.5 Å². The minimum absolute atomic E-state index is 0.239. The Labute approximate surface area is 146 Å². The molecule has 0 bridgehead atoms. The molecule has 1 amide bonds. The van der Waals surface area contributed by atoms with Gasteiger partial charge in [-0.05, 0) is 18.2 Å². The summed E-state index contributed by atoms with van der Waals surface area (Å²) in [5, 5.41) is 4.58. The zero-order valence-electron chi connectivity index (χ0n) is 13.7. The van der Waals surface area contributed by atoms with E-state index < -0.39 is 11.5 Å². The Morgan fingerprint density at radius 3 is 2.96 bits per heavy atom. The van der Waals surface area contributed by atoms with Gasteiger partial charge in [0, 0.05) is 31.9 Å². The summed E-state index contributed by atoms with van der Waals surface area (Å²) in [7, 11) is 1.54. The number of nitrogens with one attached hydrogen (secondary N) is 1. The number of aromatic nitrogens is 6. The molecule has 4 aromatic rings. The van der Waals surface area contributed by atoms with E-state index >= 15 is 0 Å². The molecule has 26 heavy (non-hydrogen) atoms. The predicted molar refractivity (Wildman–Crippen MR) is 91.2 cm³/mol. The summed E-state index contributed by atoms with van der Waals surface area (Å²) >= 11 is 0. The van der Waals surface area contributed by atoms with Gasteiger partial charge in [0.25, 0.3) is 17.2 Å². The van der Waals surface area contributed by atoms with Crippen LogP contribution in [-0.2, 0) is 11.3 Å². The largest absolute Gasteiger partial charge is 0.377 e. The molecular formula is C16H13N7O3. The van der Waals surface area contributed by atoms with Crippen LogP contribution in [0.4, 0.5) is 0 Å². The number of hydrogen-bond acceptors (Lipinski definition) is 7. The van der Waals surface area contributed by atoms with Crippen LogP contribution < -0.4 is 11.0 Å². The average Bonchev–Trinajstić information content (AvgIpc) is 3.08. The van der Waals surface area contributed by atoms with Crippen LogP contribution >= 0.6 is 0 Å². The summed E-state index contributed by atoms with van der Waals surface area (Å²) in [4.78, 5) is 37.2. The van der Waals surface area contributed by atoms with Crippen molar-refractivity contribution in [1.29, 1.82) is 0 Å². The number of ether oxygens (including phenoxy) is 1. The van der Waals surface area contributed by atoms with Crippen LogP contribution in [0.1, 0.15) is 16.2 Å². The lowest BCUT2D eigenvalue weighted by Crippen LogP contribution is -2.33. The van der Waals surface area contributed by atoms with E-state index in [1.807, 2.05) is 0 Å². The smallest absolute Gasteiger partial charge is 0.280 e. The molecule has 0 aromatic carbocycles. The highest BCUT2D eigenvalue weighted by molar-refractivity contribution is 5.99. The first-order chi connectivity index (χ1) is 12.7. The number of carbonyl (C=O) groups excluding carboxylic acids is 1. The van der Waals surface area contributed by atoms with E-state index in [9.17, 15) is 9.59 Å². The second-order valence-electron chi connectivity index (χ2n) is 5.40. The average molecular weight is 351 g/mol. The van der Waals surface area contributed by atoms with Crippen molar-refractivity contribution in [2.75, 3.05) is 12.5 Å². The maximum atomic E-state index is 12.7. The summed E-state index contributed by atoms with van der Waals surface area (Å²) < 4.78 is 7.58. The maximum Gasteiger partial charge on any atom is 0.280 e. The van der Waals surface area contributed by atoms with Crippen LogP contribution in [0, 0.1) is 0 Å². The molecule has 10 nitrogen and oxygen atoms in total. The van der Waals surface area contributed by atoms with Gasteiger partial charge in [0.2, 0.25) is 0 Å². The minimum Gasteiger partial charge on any atom is -0.377 e. The number of hydrogen-bond donors (Lipinski definition) is 1. The maximum absolute atomic E-state index is 12.7. The summed E-state index contributed by atoms with van der Waals surface area (Å²) in [6.07, 6.45) is 5.84. The van der Waals surface area contributed by atoms with E-state index in [4.69, 9.17) is 4.74 Å². The number of pyridine rings is 2. The molecule has 0 fully saturated rings. The zero-order valence-corrected chi connectivity index (χ0v) is 13.7. The molecule has 4 rings (SSSR count). The van der Waals surface area contributed by atoms with Gasteiger partial charge in [-0.2, -0.15) is 9.50 Å². The van der Waals surface area contributed by atoms with E-state index in [0.717, 1.165) is 4.68 Å². The first-order valence-corrected chi connectivity index (χ1v) is 7.64. The summed E-state index contributed by atoms with van der Waals surface area (Å²) in [6.45, 7) is 0.239. The van der Waals surface area contributed by atoms with Gasteiger partial charge in [0.05, 0.1) is 16.5 Å². The van der Waals surface area contributed by atoms with Gasteiger partial charge in [-0.3, -0.25) is 20.0 Å². The fraction of sp³-hybridized carbons (Fsp3) is 0.125. The molecule has 0 spiro atoms. The predicted octanol–water partition coefficient (Wildman–Crippen LogP) is 0.364. The number of carbonyl (C=O) groups is 1. The lowest BCUT2D eigenvalue weighted by atomic mass is 10.3. The molecule has 0 aliphatic heterocycles. The van der Waals surface area contributed by atoms with Gasteiger partial charge in [-0.15, -0.1) is 5.10 Å². The molecule has 0 unspecified atom stereocenters. The van der Waals surface area contributed by atoms with E-state index in [0.29, 0.717) is 28.1 Å². The third kappa shape index (κ3) is 2.67. The molecule has 130 valence electrons. The number of nitrogens with zero attached hydrogens (tertiary/aromatic N) is 6. The van der Waals surface area contributed by atoms with E-state index in [-0.39, 0.29) is 6.61 Å². The third-order valence-corrected chi connectivity index (χ3v) is 3.70. The Morgan fingerprint density at radius 1 is 1.31 bits per heavy atom. The van der Waals surface area contributed by atoms with Gasteiger partial charge in [-0.1, -0.05) is 0 Å². The molecule has 1 N–H and O–H groups in total. The molecule has 0 radical (unpaired) electrons. The van der Waals surface area contributed by atoms with Crippen molar-refractivity contribution in [2.45, 2.75) is 6.61 Å². The molecule has 0 saturated carbocycles. The van der Waals surface area contributed by atoms with Gasteiger partial charge >= 0.3 is 0 Å². The van der Waals surface area contributed by atoms with Crippen LogP contribution in [0.3, 0.4) is 0 Å². The topological polar surface area (TPSA) is 116 Å². The summed E-state index contributed by atoms with van der Waals surface area (Å²) in [6, 6.07) is 4.90. The second kappa shape index (κ2) is 6.33. The van der Waals surface area contributed by atoms with Crippen molar-refractivity contribution in [3.8, 4) is 0 Å². The number of amides is 1. The van der Waals surface area contributed by atoms with E-state index in [1.165, 1.54) is 23.1 Å². The van der Waals surface area contributed by atoms with Crippen LogP contribution in [0.25, 0.3) is 16.7 Å². The Morgan fingerprint density at radius 2 is 2.19 bits per heavy atom. The monoisotopic (exact) mass is 351 g/mol. The Bertz CT molecular complexity index is 1170. The number of fused-ring (bicyclic) bond motifs is 3. The highest BCUT2D eigenvalue weighted by Crippen LogP contribution is 2.10. The standard InChI is InChI=1S/C16H13N7O3/c1-26-9-13-19-16-18-8-11-12(23(16)20-13)4-6-22(15(11)25)21-14(24)10-3-2-5-17-7-10/h2-8H,9H2,1H3,(H,21,24). The van der Waals surface area contributed by atoms with E-state index in [1.54, 1.807) is 31.5 Å². The highest BCUT2D eigenvalue weighted by Gasteiger charge is 2.13. The Balaban J connectivity index is 1.76.